The molecule has 2 N–H and O–H groups in total. The molecule has 0 radical (unpaired) electrons. The second kappa shape index (κ2) is 7.78. The lowest BCUT2D eigenvalue weighted by molar-refractivity contribution is -0.119. The Morgan fingerprint density at radius 3 is 2.00 bits per heavy atom. The van der Waals surface area contributed by atoms with Crippen LogP contribution in [0.15, 0.2) is 76.5 Å². The average Bonchev–Trinajstić information content (AvgIpc) is 2.67. The fourth-order valence-electron chi connectivity index (χ4n) is 2.73. The van der Waals surface area contributed by atoms with Crippen LogP contribution in [0.5, 0.6) is 0 Å². The smallest absolute Gasteiger partial charge is 0.253 e. The summed E-state index contributed by atoms with van der Waals surface area (Å²) in [5, 5.41) is 0. The van der Waals surface area contributed by atoms with Gasteiger partial charge >= 0.3 is 0 Å². The topological polar surface area (TPSA) is 90.3 Å². The van der Waals surface area contributed by atoms with Crippen molar-refractivity contribution < 1.29 is 4.79 Å². The first kappa shape index (κ1) is 18.3. The number of carbonyl (C=O) groups excluding carboxylic acids is 1. The van der Waals surface area contributed by atoms with Crippen LogP contribution in [0.3, 0.4) is 0 Å². The summed E-state index contributed by atoms with van der Waals surface area (Å²) < 4.78 is 1.40. The summed E-state index contributed by atoms with van der Waals surface area (Å²) in [7, 11) is 1.62. The molecule has 0 saturated carbocycles. The second-order valence-corrected chi connectivity index (χ2v) is 6.14. The number of nitrogens with zero attached hydrogens (tertiary/aromatic N) is 3. The van der Waals surface area contributed by atoms with Gasteiger partial charge in [0, 0.05) is 24.2 Å². The van der Waals surface area contributed by atoms with Crippen molar-refractivity contribution in [3.8, 4) is 0 Å². The zero-order valence-electron chi connectivity index (χ0n) is 15.2. The Morgan fingerprint density at radius 2 is 1.56 bits per heavy atom. The molecule has 6 nitrogen and oxygen atoms in total. The van der Waals surface area contributed by atoms with E-state index in [4.69, 9.17) is 5.73 Å². The summed E-state index contributed by atoms with van der Waals surface area (Å²) >= 11 is 0. The highest BCUT2D eigenvalue weighted by Crippen LogP contribution is 2.19. The van der Waals surface area contributed by atoms with E-state index in [0.29, 0.717) is 11.5 Å². The highest BCUT2D eigenvalue weighted by Gasteiger charge is 2.22. The van der Waals surface area contributed by atoms with Crippen molar-refractivity contribution in [1.82, 2.24) is 9.55 Å². The predicted octanol–water partition coefficient (Wildman–Crippen LogP) is 2.15. The largest absolute Gasteiger partial charge is 0.367 e. The number of hydrogen-bond donors (Lipinski definition) is 1. The van der Waals surface area contributed by atoms with Crippen molar-refractivity contribution >= 4 is 11.6 Å². The van der Waals surface area contributed by atoms with E-state index in [2.05, 4.69) is 9.98 Å². The van der Waals surface area contributed by atoms with Gasteiger partial charge in [-0.3, -0.25) is 14.6 Å². The molecule has 1 unspecified atom stereocenters. The van der Waals surface area contributed by atoms with Gasteiger partial charge in [0.25, 0.3) is 5.56 Å². The predicted molar refractivity (Wildman–Crippen MR) is 105 cm³/mol. The van der Waals surface area contributed by atoms with Crippen molar-refractivity contribution in [2.75, 3.05) is 0 Å². The Morgan fingerprint density at radius 1 is 1.04 bits per heavy atom. The Hall–Kier alpha value is -3.54. The molecule has 0 saturated heterocycles. The minimum atomic E-state index is -1.06. The van der Waals surface area contributed by atoms with E-state index < -0.39 is 11.9 Å². The van der Waals surface area contributed by atoms with Crippen LogP contribution in [0, 0.1) is 6.92 Å². The summed E-state index contributed by atoms with van der Waals surface area (Å²) in [6.07, 6.45) is 0. The summed E-state index contributed by atoms with van der Waals surface area (Å²) in [4.78, 5) is 33.3. The maximum Gasteiger partial charge on any atom is 0.253 e. The third-order valence-electron chi connectivity index (χ3n) is 4.28. The monoisotopic (exact) mass is 360 g/mol. The van der Waals surface area contributed by atoms with Gasteiger partial charge in [-0.25, -0.2) is 4.98 Å². The van der Waals surface area contributed by atoms with Crippen LogP contribution in [0.2, 0.25) is 0 Å². The number of carbonyl (C=O) groups is 1. The van der Waals surface area contributed by atoms with Crippen LogP contribution < -0.4 is 11.3 Å². The summed E-state index contributed by atoms with van der Waals surface area (Å²) in [6, 6.07) is 19.3. The Balaban J connectivity index is 2.19. The van der Waals surface area contributed by atoms with Crippen molar-refractivity contribution in [3.63, 3.8) is 0 Å². The first-order valence-electron chi connectivity index (χ1n) is 8.50. The van der Waals surface area contributed by atoms with Gasteiger partial charge in [-0.05, 0) is 6.92 Å². The van der Waals surface area contributed by atoms with Gasteiger partial charge in [-0.1, -0.05) is 60.7 Å². The first-order valence-corrected chi connectivity index (χ1v) is 8.50. The molecule has 27 heavy (non-hydrogen) atoms. The molecule has 1 amide bonds. The molecule has 0 aliphatic rings. The van der Waals surface area contributed by atoms with E-state index in [0.717, 1.165) is 11.1 Å². The molecule has 0 spiro atoms. The first-order chi connectivity index (χ1) is 13.0. The number of hydrogen-bond acceptors (Lipinski definition) is 4. The van der Waals surface area contributed by atoms with Crippen molar-refractivity contribution in [1.29, 1.82) is 0 Å². The lowest BCUT2D eigenvalue weighted by Gasteiger charge is -2.14. The van der Waals surface area contributed by atoms with Crippen molar-refractivity contribution in [2.24, 2.45) is 17.8 Å². The highest BCUT2D eigenvalue weighted by molar-refractivity contribution is 6.13. The van der Waals surface area contributed by atoms with Crippen LogP contribution in [-0.2, 0) is 11.8 Å². The molecule has 0 bridgehead atoms. The molecule has 0 aliphatic carbocycles. The molecule has 0 fully saturated rings. The van der Waals surface area contributed by atoms with Gasteiger partial charge in [0.05, 0.1) is 11.4 Å². The maximum absolute atomic E-state index is 12.2. The zero-order valence-corrected chi connectivity index (χ0v) is 15.2. The number of rotatable bonds is 5. The fourth-order valence-corrected chi connectivity index (χ4v) is 2.73. The SMILES string of the molecule is Cc1nc(C(N=C(c2ccccc2)c2ccccc2)C(N)=O)cc(=O)n1C. The number of amides is 1. The number of aryl methyl sites for hydroxylation is 1. The number of primary amides is 1. The molecular formula is C21H20N4O2. The lowest BCUT2D eigenvalue weighted by Crippen LogP contribution is -2.27. The van der Waals surface area contributed by atoms with E-state index in [9.17, 15) is 9.59 Å². The molecule has 1 aromatic heterocycles. The summed E-state index contributed by atoms with van der Waals surface area (Å²) in [5.74, 6) is -0.181. The Kier molecular flexibility index (Phi) is 5.26. The molecule has 3 rings (SSSR count). The molecule has 3 aromatic rings. The molecule has 136 valence electrons. The zero-order chi connectivity index (χ0) is 19.4. The minimum absolute atomic E-state index is 0.243. The standard InChI is InChI=1S/C21H20N4O2/c1-14-23-17(13-18(26)25(14)2)20(21(22)27)24-19(15-9-5-3-6-10-15)16-11-7-4-8-12-16/h3-13,20H,1-2H3,(H2,22,27). The van der Waals surface area contributed by atoms with E-state index in [1.165, 1.54) is 10.6 Å². The Bertz CT molecular complexity index is 999. The third-order valence-corrected chi connectivity index (χ3v) is 4.28. The van der Waals surface area contributed by atoms with Crippen molar-refractivity contribution in [3.05, 3.63) is 99.7 Å². The van der Waals surface area contributed by atoms with Gasteiger partial charge in [-0.2, -0.15) is 0 Å². The normalized spacial score (nSPS) is 11.6. The van der Waals surface area contributed by atoms with Crippen LogP contribution in [0.1, 0.15) is 28.7 Å². The number of aromatic nitrogens is 2. The lowest BCUT2D eigenvalue weighted by atomic mass is 10.0. The summed E-state index contributed by atoms with van der Waals surface area (Å²) in [6.45, 7) is 1.70. The second-order valence-electron chi connectivity index (χ2n) is 6.14. The number of aliphatic imine (C=N–C) groups is 1. The Labute approximate surface area is 157 Å². The van der Waals surface area contributed by atoms with Crippen LogP contribution in [0.25, 0.3) is 0 Å². The molecule has 2 aromatic carbocycles. The van der Waals surface area contributed by atoms with Crippen LogP contribution >= 0.6 is 0 Å². The maximum atomic E-state index is 12.2. The van der Waals surface area contributed by atoms with Gasteiger partial charge in [0.1, 0.15) is 5.82 Å². The van der Waals surface area contributed by atoms with E-state index in [1.54, 1.807) is 14.0 Å². The van der Waals surface area contributed by atoms with Gasteiger partial charge < -0.3 is 10.3 Å². The van der Waals surface area contributed by atoms with Crippen LogP contribution in [-0.4, -0.2) is 21.2 Å². The van der Waals surface area contributed by atoms with E-state index in [-0.39, 0.29) is 11.3 Å². The fraction of sp³-hybridized carbons (Fsp3) is 0.143. The molecular weight excluding hydrogens is 340 g/mol. The quantitative estimate of drug-likeness (QED) is 0.707. The summed E-state index contributed by atoms with van der Waals surface area (Å²) in [5.41, 5.74) is 7.89. The number of benzene rings is 2. The minimum Gasteiger partial charge on any atom is -0.367 e. The van der Waals surface area contributed by atoms with Gasteiger partial charge in [0.15, 0.2) is 6.04 Å². The third kappa shape index (κ3) is 4.00. The van der Waals surface area contributed by atoms with Crippen LogP contribution in [0.4, 0.5) is 0 Å². The van der Waals surface area contributed by atoms with Gasteiger partial charge in [-0.15, -0.1) is 0 Å². The average molecular weight is 360 g/mol. The molecule has 1 atom stereocenters. The van der Waals surface area contributed by atoms with E-state index >= 15 is 0 Å². The molecule has 1 heterocycles. The molecule has 6 heteroatoms. The van der Waals surface area contributed by atoms with E-state index in [1.807, 2.05) is 60.7 Å². The molecule has 0 aliphatic heterocycles. The van der Waals surface area contributed by atoms with Crippen molar-refractivity contribution in [2.45, 2.75) is 13.0 Å². The highest BCUT2D eigenvalue weighted by atomic mass is 16.1. The van der Waals surface area contributed by atoms with Gasteiger partial charge in [0.2, 0.25) is 5.91 Å². The number of nitrogens with two attached hydrogens (primary N) is 1.